The molecular weight excluding hydrogens is 435 g/mol. The molecule has 1 aromatic rings. The maximum Gasteiger partial charge on any atom is 0.227 e. The van der Waals surface area contributed by atoms with Crippen LogP contribution in [-0.2, 0) is 37.5 Å². The molecule has 1 N–H and O–H groups in total. The molecule has 1 aliphatic heterocycles. The minimum absolute atomic E-state index is 0. The van der Waals surface area contributed by atoms with Gasteiger partial charge in [0.15, 0.2) is 0 Å². The number of benzene rings is 1. The van der Waals surface area contributed by atoms with E-state index in [1.54, 1.807) is 0 Å². The molecule has 3 rings (SSSR count). The number of aliphatic hydroxyl groups excluding tert-OH is 1. The van der Waals surface area contributed by atoms with Crippen LogP contribution < -0.4 is 4.90 Å². The fraction of sp³-hybridized carbons (Fsp3) is 0.680. The number of piperidine rings is 1. The minimum Gasteiger partial charge on any atom is -0.388 e. The molecule has 0 bridgehead atoms. The smallest absolute Gasteiger partial charge is 0.227 e. The third-order valence-corrected chi connectivity index (χ3v) is 7.01. The van der Waals surface area contributed by atoms with E-state index in [4.69, 9.17) is 0 Å². The van der Waals surface area contributed by atoms with Crippen molar-refractivity contribution >= 4 is 11.6 Å². The summed E-state index contributed by atoms with van der Waals surface area (Å²) in [6.45, 7) is 6.12. The normalized spacial score (nSPS) is 22.0. The van der Waals surface area contributed by atoms with Crippen molar-refractivity contribution in [2.75, 3.05) is 4.90 Å². The van der Waals surface area contributed by atoms with Gasteiger partial charge in [-0.1, -0.05) is 51.2 Å². The van der Waals surface area contributed by atoms with Gasteiger partial charge in [-0.3, -0.25) is 4.79 Å². The number of rotatable bonds is 10. The Morgan fingerprint density at radius 2 is 1.90 bits per heavy atom. The molecule has 29 heavy (non-hydrogen) atoms. The second kappa shape index (κ2) is 12.0. The van der Waals surface area contributed by atoms with Crippen molar-refractivity contribution in [3.63, 3.8) is 0 Å². The van der Waals surface area contributed by atoms with Crippen molar-refractivity contribution in [2.24, 2.45) is 5.41 Å². The predicted octanol–water partition coefficient (Wildman–Crippen LogP) is 6.36. The zero-order chi connectivity index (χ0) is 20.0. The molecule has 1 saturated carbocycles. The molecule has 1 heterocycles. The van der Waals surface area contributed by atoms with Gasteiger partial charge in [0.2, 0.25) is 5.91 Å². The summed E-state index contributed by atoms with van der Waals surface area (Å²) in [4.78, 5) is 14.7. The minimum atomic E-state index is -0.384. The van der Waals surface area contributed by atoms with Crippen LogP contribution in [0.15, 0.2) is 24.3 Å². The zero-order valence-corrected chi connectivity index (χ0v) is 21.1. The average Bonchev–Trinajstić information content (AvgIpc) is 2.68. The Morgan fingerprint density at radius 3 is 2.48 bits per heavy atom. The van der Waals surface area contributed by atoms with Crippen molar-refractivity contribution in [1.82, 2.24) is 0 Å². The molecule has 159 valence electrons. The molecule has 2 fully saturated rings. The standard InChI is InChI=1S/C25H38NO2.Y/c1-3-5-6-7-10-21-11-8-12-23(27)26(21)22-15-13-20(14-16-22)24(28)25(17-4-2)18-9-19-25;/h13-16,21,24,28H,1,3-12,17-19H2,2H3;/q-1;. The van der Waals surface area contributed by atoms with Crippen LogP contribution in [0, 0.1) is 12.3 Å². The van der Waals surface area contributed by atoms with E-state index in [-0.39, 0.29) is 50.1 Å². The first-order valence-corrected chi connectivity index (χ1v) is 11.5. The Balaban J connectivity index is 0.00000300. The Kier molecular flexibility index (Phi) is 10.3. The molecular formula is C25H38NO2Y-. The Bertz CT molecular complexity index is 626. The van der Waals surface area contributed by atoms with Crippen LogP contribution >= 0.6 is 0 Å². The molecule has 1 radical (unpaired) electrons. The zero-order valence-electron chi connectivity index (χ0n) is 18.2. The maximum absolute atomic E-state index is 12.7. The number of carbonyl (C=O) groups excluding carboxylic acids is 1. The molecule has 2 unspecified atom stereocenters. The van der Waals surface area contributed by atoms with E-state index in [1.807, 2.05) is 4.90 Å². The van der Waals surface area contributed by atoms with Gasteiger partial charge in [-0.15, -0.1) is 0 Å². The summed E-state index contributed by atoms with van der Waals surface area (Å²) in [5, 5.41) is 11.0. The van der Waals surface area contributed by atoms with E-state index in [9.17, 15) is 9.90 Å². The number of nitrogens with zero attached hydrogens (tertiary/aromatic N) is 1. The van der Waals surface area contributed by atoms with Gasteiger partial charge in [0.25, 0.3) is 0 Å². The SMILES string of the molecule is [CH2-]CCCCCC1CCCC(=O)N1c1ccc(C(O)C2(CCC)CCC2)cc1.[Y]. The fourth-order valence-electron chi connectivity index (χ4n) is 5.26. The van der Waals surface area contributed by atoms with Crippen molar-refractivity contribution < 1.29 is 42.6 Å². The summed E-state index contributed by atoms with van der Waals surface area (Å²) in [7, 11) is 0. The maximum atomic E-state index is 12.7. The molecule has 2 aliphatic rings. The van der Waals surface area contributed by atoms with Crippen LogP contribution in [-0.4, -0.2) is 17.1 Å². The van der Waals surface area contributed by atoms with Gasteiger partial charge in [-0.2, -0.15) is 6.42 Å². The second-order valence-corrected chi connectivity index (χ2v) is 8.97. The molecule has 1 aromatic carbocycles. The third-order valence-electron chi connectivity index (χ3n) is 7.01. The van der Waals surface area contributed by atoms with Gasteiger partial charge in [0, 0.05) is 56.3 Å². The molecule has 3 nitrogen and oxygen atoms in total. The Morgan fingerprint density at radius 1 is 1.17 bits per heavy atom. The fourth-order valence-corrected chi connectivity index (χ4v) is 5.26. The molecule has 4 heteroatoms. The van der Waals surface area contributed by atoms with E-state index in [0.29, 0.717) is 12.5 Å². The van der Waals surface area contributed by atoms with E-state index < -0.39 is 0 Å². The van der Waals surface area contributed by atoms with E-state index in [0.717, 1.165) is 62.6 Å². The molecule has 0 aromatic heterocycles. The number of aliphatic hydroxyl groups is 1. The first-order valence-electron chi connectivity index (χ1n) is 11.5. The summed E-state index contributed by atoms with van der Waals surface area (Å²) in [5.41, 5.74) is 2.09. The third kappa shape index (κ3) is 5.92. The molecule has 1 saturated heterocycles. The number of amides is 1. The van der Waals surface area contributed by atoms with Gasteiger partial charge < -0.3 is 16.9 Å². The van der Waals surface area contributed by atoms with E-state index >= 15 is 0 Å². The summed E-state index contributed by atoms with van der Waals surface area (Å²) in [6, 6.07) is 8.54. The number of carbonyl (C=O) groups is 1. The molecule has 1 aliphatic carbocycles. The Labute approximate surface area is 202 Å². The van der Waals surface area contributed by atoms with E-state index in [2.05, 4.69) is 38.1 Å². The number of hydrogen-bond donors (Lipinski definition) is 1. The number of unbranched alkanes of at least 4 members (excludes halogenated alkanes) is 3. The van der Waals surface area contributed by atoms with Crippen molar-refractivity contribution in [2.45, 2.75) is 103 Å². The topological polar surface area (TPSA) is 40.5 Å². The van der Waals surface area contributed by atoms with Crippen LogP contribution in [0.4, 0.5) is 5.69 Å². The number of anilines is 1. The first kappa shape index (κ1) is 25.0. The van der Waals surface area contributed by atoms with Gasteiger partial charge in [0.05, 0.1) is 6.10 Å². The molecule has 0 spiro atoms. The summed E-state index contributed by atoms with van der Waals surface area (Å²) in [5.74, 6) is 0.253. The van der Waals surface area contributed by atoms with Crippen LogP contribution in [0.1, 0.15) is 102 Å². The van der Waals surface area contributed by atoms with Crippen LogP contribution in [0.3, 0.4) is 0 Å². The summed E-state index contributed by atoms with van der Waals surface area (Å²) in [6.07, 6.45) is 13.7. The van der Waals surface area contributed by atoms with Crippen LogP contribution in [0.2, 0.25) is 0 Å². The van der Waals surface area contributed by atoms with Crippen molar-refractivity contribution in [1.29, 1.82) is 0 Å². The van der Waals surface area contributed by atoms with E-state index in [1.165, 1.54) is 25.7 Å². The summed E-state index contributed by atoms with van der Waals surface area (Å²) >= 11 is 0. The molecule has 2 atom stereocenters. The molecule has 1 amide bonds. The number of hydrogen-bond acceptors (Lipinski definition) is 2. The monoisotopic (exact) mass is 473 g/mol. The van der Waals surface area contributed by atoms with Crippen LogP contribution in [0.5, 0.6) is 0 Å². The van der Waals surface area contributed by atoms with Gasteiger partial charge in [-0.05, 0) is 56.2 Å². The Hall–Kier alpha value is -0.246. The van der Waals surface area contributed by atoms with Gasteiger partial charge in [0.1, 0.15) is 0 Å². The second-order valence-electron chi connectivity index (χ2n) is 8.97. The quantitative estimate of drug-likeness (QED) is 0.317. The van der Waals surface area contributed by atoms with Crippen molar-refractivity contribution in [3.05, 3.63) is 36.8 Å². The van der Waals surface area contributed by atoms with Gasteiger partial charge >= 0.3 is 0 Å². The van der Waals surface area contributed by atoms with Gasteiger partial charge in [-0.25, -0.2) is 0 Å². The van der Waals surface area contributed by atoms with Crippen LogP contribution in [0.25, 0.3) is 0 Å². The summed E-state index contributed by atoms with van der Waals surface area (Å²) < 4.78 is 0. The van der Waals surface area contributed by atoms with Crippen molar-refractivity contribution in [3.8, 4) is 0 Å². The average molecular weight is 473 g/mol. The first-order chi connectivity index (χ1) is 13.6. The largest absolute Gasteiger partial charge is 0.388 e. The predicted molar refractivity (Wildman–Crippen MR) is 116 cm³/mol.